The minimum atomic E-state index is -0.307. The first kappa shape index (κ1) is 13.6. The third-order valence-electron chi connectivity index (χ3n) is 3.36. The van der Waals surface area contributed by atoms with Crippen LogP contribution in [0, 0.1) is 5.82 Å². The maximum Gasteiger partial charge on any atom is 0.151 e. The molecule has 0 saturated heterocycles. The number of halogens is 1. The standard InChI is InChI=1S/C15H18FN3S/c1-9(2)13-12(8-18-10-5-6-10)20-15(19-13)14-11(16)4-3-7-17-14/h3-4,7,9-10,18H,5-6,8H2,1-2H3. The van der Waals surface area contributed by atoms with Crippen molar-refractivity contribution in [2.45, 2.75) is 45.2 Å². The van der Waals surface area contributed by atoms with E-state index in [1.807, 2.05) is 0 Å². The van der Waals surface area contributed by atoms with Crippen LogP contribution < -0.4 is 5.32 Å². The molecule has 1 aliphatic carbocycles. The molecule has 3 rings (SSSR count). The molecule has 0 amide bonds. The van der Waals surface area contributed by atoms with E-state index >= 15 is 0 Å². The van der Waals surface area contributed by atoms with Crippen LogP contribution in [-0.2, 0) is 6.54 Å². The van der Waals surface area contributed by atoms with E-state index in [0.29, 0.717) is 22.7 Å². The fourth-order valence-electron chi connectivity index (χ4n) is 2.11. The number of hydrogen-bond donors (Lipinski definition) is 1. The van der Waals surface area contributed by atoms with E-state index in [2.05, 4.69) is 29.1 Å². The van der Waals surface area contributed by atoms with Crippen LogP contribution in [0.15, 0.2) is 18.3 Å². The third kappa shape index (κ3) is 2.88. The van der Waals surface area contributed by atoms with E-state index in [9.17, 15) is 4.39 Å². The summed E-state index contributed by atoms with van der Waals surface area (Å²) in [6.45, 7) is 5.06. The molecule has 0 atom stereocenters. The minimum absolute atomic E-state index is 0.307. The monoisotopic (exact) mass is 291 g/mol. The lowest BCUT2D eigenvalue weighted by molar-refractivity contribution is 0.625. The summed E-state index contributed by atoms with van der Waals surface area (Å²) in [5.41, 5.74) is 1.42. The second-order valence-corrected chi connectivity index (χ2v) is 6.55. The molecule has 3 nitrogen and oxygen atoms in total. The molecule has 0 aromatic carbocycles. The summed E-state index contributed by atoms with van der Waals surface area (Å²) in [6.07, 6.45) is 4.13. The smallest absolute Gasteiger partial charge is 0.151 e. The fraction of sp³-hybridized carbons (Fsp3) is 0.467. The lowest BCUT2D eigenvalue weighted by Gasteiger charge is -2.05. The Bertz CT molecular complexity index is 605. The highest BCUT2D eigenvalue weighted by atomic mass is 32.1. The number of pyridine rings is 1. The Morgan fingerprint density at radius 1 is 1.45 bits per heavy atom. The predicted molar refractivity (Wildman–Crippen MR) is 79.3 cm³/mol. The minimum Gasteiger partial charge on any atom is -0.309 e. The summed E-state index contributed by atoms with van der Waals surface area (Å²) in [4.78, 5) is 9.94. The van der Waals surface area contributed by atoms with Gasteiger partial charge in [0.25, 0.3) is 0 Å². The highest BCUT2D eigenvalue weighted by Gasteiger charge is 2.23. The number of nitrogens with zero attached hydrogens (tertiary/aromatic N) is 2. The molecular formula is C15H18FN3S. The van der Waals surface area contributed by atoms with Gasteiger partial charge in [-0.2, -0.15) is 0 Å². The second-order valence-electron chi connectivity index (χ2n) is 5.47. The molecule has 20 heavy (non-hydrogen) atoms. The van der Waals surface area contributed by atoms with Gasteiger partial charge in [-0.25, -0.2) is 9.37 Å². The van der Waals surface area contributed by atoms with Crippen molar-refractivity contribution in [3.63, 3.8) is 0 Å². The lowest BCUT2D eigenvalue weighted by Crippen LogP contribution is -2.15. The lowest BCUT2D eigenvalue weighted by atomic mass is 10.1. The fourth-order valence-corrected chi connectivity index (χ4v) is 3.28. The third-order valence-corrected chi connectivity index (χ3v) is 4.44. The van der Waals surface area contributed by atoms with Gasteiger partial charge in [-0.1, -0.05) is 13.8 Å². The van der Waals surface area contributed by atoms with Crippen molar-refractivity contribution in [1.29, 1.82) is 0 Å². The topological polar surface area (TPSA) is 37.8 Å². The Balaban J connectivity index is 1.91. The first-order valence-corrected chi connectivity index (χ1v) is 7.80. The quantitative estimate of drug-likeness (QED) is 0.912. The van der Waals surface area contributed by atoms with Crippen LogP contribution in [0.3, 0.4) is 0 Å². The van der Waals surface area contributed by atoms with Crippen LogP contribution in [0.1, 0.15) is 43.2 Å². The maximum atomic E-state index is 13.8. The molecule has 1 N–H and O–H groups in total. The molecule has 2 aromatic rings. The zero-order chi connectivity index (χ0) is 14.1. The second kappa shape index (κ2) is 5.58. The maximum absolute atomic E-state index is 13.8. The van der Waals surface area contributed by atoms with Crippen LogP contribution in [0.25, 0.3) is 10.7 Å². The summed E-state index contributed by atoms with van der Waals surface area (Å²) in [5.74, 6) is 0.0287. The SMILES string of the molecule is CC(C)c1nc(-c2ncccc2F)sc1CNC1CC1. The van der Waals surface area contributed by atoms with Crippen molar-refractivity contribution in [1.82, 2.24) is 15.3 Å². The highest BCUT2D eigenvalue weighted by molar-refractivity contribution is 7.15. The first-order valence-electron chi connectivity index (χ1n) is 6.99. The van der Waals surface area contributed by atoms with E-state index in [4.69, 9.17) is 0 Å². The summed E-state index contributed by atoms with van der Waals surface area (Å²) in [5, 5.41) is 4.18. The van der Waals surface area contributed by atoms with Crippen LogP contribution >= 0.6 is 11.3 Å². The van der Waals surface area contributed by atoms with Gasteiger partial charge < -0.3 is 5.32 Å². The van der Waals surface area contributed by atoms with Gasteiger partial charge in [-0.3, -0.25) is 4.98 Å². The Labute approximate surface area is 122 Å². The van der Waals surface area contributed by atoms with Crippen molar-refractivity contribution in [2.24, 2.45) is 0 Å². The summed E-state index contributed by atoms with van der Waals surface area (Å²) < 4.78 is 13.8. The molecule has 0 radical (unpaired) electrons. The Morgan fingerprint density at radius 2 is 2.25 bits per heavy atom. The first-order chi connectivity index (χ1) is 9.65. The largest absolute Gasteiger partial charge is 0.309 e. The molecule has 106 valence electrons. The van der Waals surface area contributed by atoms with Crippen molar-refractivity contribution in [3.05, 3.63) is 34.7 Å². The van der Waals surface area contributed by atoms with Gasteiger partial charge in [-0.15, -0.1) is 11.3 Å². The van der Waals surface area contributed by atoms with Crippen molar-refractivity contribution in [3.8, 4) is 10.7 Å². The van der Waals surface area contributed by atoms with Crippen molar-refractivity contribution in [2.75, 3.05) is 0 Å². The molecule has 5 heteroatoms. The molecule has 0 spiro atoms. The highest BCUT2D eigenvalue weighted by Crippen LogP contribution is 2.32. The van der Waals surface area contributed by atoms with Crippen LogP contribution in [-0.4, -0.2) is 16.0 Å². The molecule has 1 saturated carbocycles. The van der Waals surface area contributed by atoms with Gasteiger partial charge in [0.2, 0.25) is 0 Å². The van der Waals surface area contributed by atoms with Crippen molar-refractivity contribution >= 4 is 11.3 Å². The number of nitrogens with one attached hydrogen (secondary N) is 1. The summed E-state index contributed by atoms with van der Waals surface area (Å²) in [7, 11) is 0. The van der Waals surface area contributed by atoms with Gasteiger partial charge in [0.1, 0.15) is 10.7 Å². The van der Waals surface area contributed by atoms with Gasteiger partial charge in [0.15, 0.2) is 5.82 Å². The molecule has 2 aromatic heterocycles. The normalized spacial score (nSPS) is 15.0. The molecule has 2 heterocycles. The van der Waals surface area contributed by atoms with Gasteiger partial charge in [0.05, 0.1) is 5.69 Å². The van der Waals surface area contributed by atoms with E-state index in [1.165, 1.54) is 23.8 Å². The zero-order valence-corrected chi connectivity index (χ0v) is 12.5. The molecule has 1 fully saturated rings. The van der Waals surface area contributed by atoms with Crippen LogP contribution in [0.2, 0.25) is 0 Å². The summed E-state index contributed by atoms with van der Waals surface area (Å²) in [6, 6.07) is 3.69. The van der Waals surface area contributed by atoms with Gasteiger partial charge >= 0.3 is 0 Å². The van der Waals surface area contributed by atoms with E-state index < -0.39 is 0 Å². The summed E-state index contributed by atoms with van der Waals surface area (Å²) >= 11 is 1.55. The van der Waals surface area contributed by atoms with Crippen LogP contribution in [0.5, 0.6) is 0 Å². The van der Waals surface area contributed by atoms with Crippen LogP contribution in [0.4, 0.5) is 4.39 Å². The van der Waals surface area contributed by atoms with Gasteiger partial charge in [-0.05, 0) is 30.9 Å². The van der Waals surface area contributed by atoms with E-state index in [0.717, 1.165) is 12.2 Å². The predicted octanol–water partition coefficient (Wildman–Crippen LogP) is 3.72. The number of thiazole rings is 1. The number of hydrogen-bond acceptors (Lipinski definition) is 4. The molecular weight excluding hydrogens is 273 g/mol. The molecule has 0 aliphatic heterocycles. The number of rotatable bonds is 5. The van der Waals surface area contributed by atoms with Gasteiger partial charge in [0, 0.05) is 23.7 Å². The Morgan fingerprint density at radius 3 is 2.90 bits per heavy atom. The molecule has 0 bridgehead atoms. The number of aromatic nitrogens is 2. The van der Waals surface area contributed by atoms with Crippen molar-refractivity contribution < 1.29 is 4.39 Å². The van der Waals surface area contributed by atoms with E-state index in [1.54, 1.807) is 23.6 Å². The Kier molecular flexibility index (Phi) is 3.81. The molecule has 0 unspecified atom stereocenters. The van der Waals surface area contributed by atoms with E-state index in [-0.39, 0.29) is 5.82 Å². The average molecular weight is 291 g/mol. The average Bonchev–Trinajstić information content (AvgIpc) is 3.15. The Hall–Kier alpha value is -1.33. The zero-order valence-electron chi connectivity index (χ0n) is 11.7. The molecule has 1 aliphatic rings.